The highest BCUT2D eigenvalue weighted by Gasteiger charge is 2.42. The Morgan fingerprint density at radius 3 is 2.81 bits per heavy atom. The number of sulfonamides is 1. The molecule has 2 saturated heterocycles. The van der Waals surface area contributed by atoms with Gasteiger partial charge >= 0.3 is 0 Å². The second kappa shape index (κ2) is 5.59. The standard InChI is InChI=1S/C15H23N3O2S/c1-3-17-21(19,20)15-7-5-4-6-14(15)18-10-12-8-16-9-13(12)11(18)2/h4-7,11-13,16-17H,3,8-10H2,1-2H3. The summed E-state index contributed by atoms with van der Waals surface area (Å²) < 4.78 is 27.4. The molecule has 1 aromatic carbocycles. The van der Waals surface area contributed by atoms with Gasteiger partial charge in [-0.15, -0.1) is 0 Å². The Kier molecular flexibility index (Phi) is 3.94. The predicted octanol–water partition coefficient (Wildman–Crippen LogP) is 1.03. The molecule has 2 fully saturated rings. The third-order valence-corrected chi connectivity index (χ3v) is 6.33. The van der Waals surface area contributed by atoms with Gasteiger partial charge in [-0.25, -0.2) is 13.1 Å². The Morgan fingerprint density at radius 2 is 2.10 bits per heavy atom. The lowest BCUT2D eigenvalue weighted by Gasteiger charge is -2.28. The van der Waals surface area contributed by atoms with E-state index in [2.05, 4.69) is 21.9 Å². The average molecular weight is 309 g/mol. The molecule has 0 amide bonds. The number of hydrogen-bond acceptors (Lipinski definition) is 4. The summed E-state index contributed by atoms with van der Waals surface area (Å²) in [5, 5.41) is 3.43. The Hall–Kier alpha value is -1.11. The summed E-state index contributed by atoms with van der Waals surface area (Å²) in [5.74, 6) is 1.23. The molecule has 0 aliphatic carbocycles. The third kappa shape index (κ3) is 2.56. The van der Waals surface area contributed by atoms with Crippen molar-refractivity contribution in [3.05, 3.63) is 24.3 Å². The van der Waals surface area contributed by atoms with E-state index in [1.165, 1.54) is 0 Å². The van der Waals surface area contributed by atoms with Crippen molar-refractivity contribution in [3.8, 4) is 0 Å². The van der Waals surface area contributed by atoms with E-state index in [1.54, 1.807) is 19.1 Å². The van der Waals surface area contributed by atoms with E-state index in [0.717, 1.165) is 25.3 Å². The molecular formula is C15H23N3O2S. The zero-order valence-electron chi connectivity index (χ0n) is 12.5. The number of fused-ring (bicyclic) bond motifs is 1. The van der Waals surface area contributed by atoms with E-state index in [0.29, 0.717) is 29.3 Å². The first-order valence-electron chi connectivity index (χ1n) is 7.60. The maximum atomic E-state index is 12.4. The molecule has 5 nitrogen and oxygen atoms in total. The van der Waals surface area contributed by atoms with Crippen LogP contribution in [0.25, 0.3) is 0 Å². The van der Waals surface area contributed by atoms with Crippen LogP contribution in [0.3, 0.4) is 0 Å². The van der Waals surface area contributed by atoms with Gasteiger partial charge in [0.25, 0.3) is 0 Å². The number of rotatable bonds is 4. The molecule has 0 radical (unpaired) electrons. The van der Waals surface area contributed by atoms with Crippen molar-refractivity contribution < 1.29 is 8.42 Å². The first kappa shape index (κ1) is 14.8. The molecule has 0 aromatic heterocycles. The summed E-state index contributed by atoms with van der Waals surface area (Å²) in [6.07, 6.45) is 0. The van der Waals surface area contributed by atoms with Crippen LogP contribution in [0.4, 0.5) is 5.69 Å². The fourth-order valence-corrected chi connectivity index (χ4v) is 4.93. The SMILES string of the molecule is CCNS(=O)(=O)c1ccccc1N1CC2CNCC2C1C. The summed E-state index contributed by atoms with van der Waals surface area (Å²) in [6, 6.07) is 7.70. The number of hydrogen-bond donors (Lipinski definition) is 2. The average Bonchev–Trinajstić information content (AvgIpc) is 3.02. The molecular weight excluding hydrogens is 286 g/mol. The largest absolute Gasteiger partial charge is 0.367 e. The van der Waals surface area contributed by atoms with Gasteiger partial charge in [-0.3, -0.25) is 0 Å². The number of benzene rings is 1. The van der Waals surface area contributed by atoms with Gasteiger partial charge in [0.05, 0.1) is 5.69 Å². The molecule has 3 atom stereocenters. The van der Waals surface area contributed by atoms with Crippen LogP contribution in [0.2, 0.25) is 0 Å². The Bertz CT molecular complexity index is 617. The molecule has 21 heavy (non-hydrogen) atoms. The summed E-state index contributed by atoms with van der Waals surface area (Å²) in [6.45, 7) is 7.40. The smallest absolute Gasteiger partial charge is 0.242 e. The van der Waals surface area contributed by atoms with Crippen molar-refractivity contribution in [1.29, 1.82) is 0 Å². The maximum Gasteiger partial charge on any atom is 0.242 e. The molecule has 116 valence electrons. The van der Waals surface area contributed by atoms with E-state index in [9.17, 15) is 8.42 Å². The third-order valence-electron chi connectivity index (χ3n) is 4.73. The van der Waals surface area contributed by atoms with Crippen LogP contribution < -0.4 is 14.9 Å². The zero-order valence-corrected chi connectivity index (χ0v) is 13.4. The van der Waals surface area contributed by atoms with Crippen molar-refractivity contribution in [1.82, 2.24) is 10.0 Å². The molecule has 2 aliphatic heterocycles. The molecule has 1 aromatic rings. The maximum absolute atomic E-state index is 12.4. The monoisotopic (exact) mass is 309 g/mol. The van der Waals surface area contributed by atoms with E-state index in [1.807, 2.05) is 12.1 Å². The van der Waals surface area contributed by atoms with Gasteiger partial charge in [-0.1, -0.05) is 19.1 Å². The normalized spacial score (nSPS) is 28.9. The minimum Gasteiger partial charge on any atom is -0.367 e. The number of nitrogens with one attached hydrogen (secondary N) is 2. The van der Waals surface area contributed by atoms with Crippen molar-refractivity contribution in [2.45, 2.75) is 24.8 Å². The van der Waals surface area contributed by atoms with Gasteiger partial charge in [0.15, 0.2) is 0 Å². The molecule has 0 bridgehead atoms. The van der Waals surface area contributed by atoms with E-state index in [-0.39, 0.29) is 0 Å². The lowest BCUT2D eigenvalue weighted by atomic mass is 9.95. The minimum absolute atomic E-state index is 0.364. The summed E-state index contributed by atoms with van der Waals surface area (Å²) >= 11 is 0. The van der Waals surface area contributed by atoms with E-state index < -0.39 is 10.0 Å². The summed E-state index contributed by atoms with van der Waals surface area (Å²) in [4.78, 5) is 2.66. The van der Waals surface area contributed by atoms with Gasteiger partial charge < -0.3 is 10.2 Å². The Morgan fingerprint density at radius 1 is 1.33 bits per heavy atom. The second-order valence-electron chi connectivity index (χ2n) is 5.94. The molecule has 6 heteroatoms. The van der Waals surface area contributed by atoms with Gasteiger partial charge in [0.2, 0.25) is 10.0 Å². The Labute approximate surface area is 126 Å². The first-order valence-corrected chi connectivity index (χ1v) is 9.09. The highest BCUT2D eigenvalue weighted by molar-refractivity contribution is 7.89. The van der Waals surface area contributed by atoms with E-state index >= 15 is 0 Å². The lowest BCUT2D eigenvalue weighted by molar-refractivity contribution is 0.471. The minimum atomic E-state index is -3.43. The van der Waals surface area contributed by atoms with Crippen LogP contribution in [0.5, 0.6) is 0 Å². The van der Waals surface area contributed by atoms with Gasteiger partial charge in [-0.2, -0.15) is 0 Å². The quantitative estimate of drug-likeness (QED) is 0.872. The molecule has 0 saturated carbocycles. The van der Waals surface area contributed by atoms with Crippen molar-refractivity contribution in [2.24, 2.45) is 11.8 Å². The molecule has 2 heterocycles. The second-order valence-corrected chi connectivity index (χ2v) is 7.68. The van der Waals surface area contributed by atoms with Gasteiger partial charge in [-0.05, 0) is 30.9 Å². The van der Waals surface area contributed by atoms with Crippen LogP contribution >= 0.6 is 0 Å². The first-order chi connectivity index (χ1) is 10.0. The topological polar surface area (TPSA) is 61.4 Å². The van der Waals surface area contributed by atoms with Crippen LogP contribution in [0.15, 0.2) is 29.2 Å². The van der Waals surface area contributed by atoms with Crippen molar-refractivity contribution >= 4 is 15.7 Å². The van der Waals surface area contributed by atoms with Crippen molar-refractivity contribution in [2.75, 3.05) is 31.1 Å². The molecule has 2 aliphatic rings. The number of anilines is 1. The summed E-state index contributed by atoms with van der Waals surface area (Å²) in [5.41, 5.74) is 0.834. The number of para-hydroxylation sites is 1. The molecule has 3 unspecified atom stereocenters. The van der Waals surface area contributed by atoms with E-state index in [4.69, 9.17) is 0 Å². The highest BCUT2D eigenvalue weighted by atomic mass is 32.2. The van der Waals surface area contributed by atoms with Gasteiger partial charge in [0.1, 0.15) is 4.90 Å². The lowest BCUT2D eigenvalue weighted by Crippen LogP contribution is -2.35. The predicted molar refractivity (Wildman–Crippen MR) is 84.0 cm³/mol. The van der Waals surface area contributed by atoms with Crippen LogP contribution in [-0.4, -0.2) is 40.6 Å². The fraction of sp³-hybridized carbons (Fsp3) is 0.600. The molecule has 0 spiro atoms. The van der Waals surface area contributed by atoms with Crippen molar-refractivity contribution in [3.63, 3.8) is 0 Å². The molecule has 3 rings (SSSR count). The summed E-state index contributed by atoms with van der Waals surface area (Å²) in [7, 11) is -3.43. The van der Waals surface area contributed by atoms with Crippen LogP contribution in [-0.2, 0) is 10.0 Å². The van der Waals surface area contributed by atoms with Crippen LogP contribution in [0.1, 0.15) is 13.8 Å². The zero-order chi connectivity index (χ0) is 15.0. The van der Waals surface area contributed by atoms with Crippen LogP contribution in [0, 0.1) is 11.8 Å². The Balaban J connectivity index is 1.97. The fourth-order valence-electron chi connectivity index (χ4n) is 3.68. The van der Waals surface area contributed by atoms with Gasteiger partial charge in [0, 0.05) is 32.2 Å². The molecule has 2 N–H and O–H groups in total. The number of nitrogens with zero attached hydrogens (tertiary/aromatic N) is 1. The highest BCUT2D eigenvalue weighted by Crippen LogP contribution is 2.38.